The molecule has 1 aromatic carbocycles. The van der Waals surface area contributed by atoms with Gasteiger partial charge < -0.3 is 5.32 Å². The second-order valence-corrected chi connectivity index (χ2v) is 9.47. The summed E-state index contributed by atoms with van der Waals surface area (Å²) >= 11 is 0. The Morgan fingerprint density at radius 1 is 1.22 bits per heavy atom. The average Bonchev–Trinajstić information content (AvgIpc) is 2.90. The third-order valence-electron chi connectivity index (χ3n) is 6.52. The van der Waals surface area contributed by atoms with Crippen LogP contribution in [-0.4, -0.2) is 31.3 Å². The van der Waals surface area contributed by atoms with Crippen molar-refractivity contribution in [3.05, 3.63) is 56.9 Å². The lowest BCUT2D eigenvalue weighted by Crippen LogP contribution is -2.36. The highest BCUT2D eigenvalue weighted by molar-refractivity contribution is 6.07. The second-order valence-electron chi connectivity index (χ2n) is 9.47. The Hall–Kier alpha value is -2.96. The molecule has 3 heterocycles. The predicted octanol–water partition coefficient (Wildman–Crippen LogP) is 3.70. The van der Waals surface area contributed by atoms with E-state index in [1.54, 1.807) is 9.25 Å². The third-order valence-corrected chi connectivity index (χ3v) is 6.52. The minimum atomic E-state index is -0.0671. The first kappa shape index (κ1) is 22.2. The summed E-state index contributed by atoms with van der Waals surface area (Å²) in [5.74, 6) is 1.29. The van der Waals surface area contributed by atoms with E-state index in [1.165, 1.54) is 0 Å². The molecule has 1 atom stereocenters. The zero-order chi connectivity index (χ0) is 23.0. The van der Waals surface area contributed by atoms with Crippen LogP contribution in [0.1, 0.15) is 66.1 Å². The van der Waals surface area contributed by atoms with Gasteiger partial charge in [-0.2, -0.15) is 5.10 Å². The molecule has 0 saturated carbocycles. The molecule has 3 aromatic rings. The van der Waals surface area contributed by atoms with Crippen LogP contribution in [0.2, 0.25) is 0 Å². The van der Waals surface area contributed by atoms with Crippen LogP contribution in [0.5, 0.6) is 0 Å². The van der Waals surface area contributed by atoms with Crippen molar-refractivity contribution < 1.29 is 4.79 Å². The minimum absolute atomic E-state index is 0.000412. The van der Waals surface area contributed by atoms with E-state index in [2.05, 4.69) is 29.2 Å². The van der Waals surface area contributed by atoms with Gasteiger partial charge >= 0.3 is 5.69 Å². The van der Waals surface area contributed by atoms with Gasteiger partial charge in [0.1, 0.15) is 5.82 Å². The van der Waals surface area contributed by atoms with E-state index >= 15 is 0 Å². The molecule has 32 heavy (non-hydrogen) atoms. The number of hydrogen-bond donors (Lipinski definition) is 1. The van der Waals surface area contributed by atoms with Gasteiger partial charge in [0.15, 0.2) is 0 Å². The summed E-state index contributed by atoms with van der Waals surface area (Å²) < 4.78 is 3.39. The van der Waals surface area contributed by atoms with Crippen molar-refractivity contribution in [2.45, 2.75) is 79.4 Å². The maximum atomic E-state index is 13.4. The fraction of sp³-hybridized carbons (Fsp3) is 0.520. The second kappa shape index (κ2) is 8.88. The van der Waals surface area contributed by atoms with Crippen molar-refractivity contribution >= 4 is 16.8 Å². The van der Waals surface area contributed by atoms with Crippen LogP contribution in [0.25, 0.3) is 10.9 Å². The van der Waals surface area contributed by atoms with Crippen molar-refractivity contribution in [1.82, 2.24) is 24.6 Å². The monoisotopic (exact) mass is 435 g/mol. The van der Waals surface area contributed by atoms with Gasteiger partial charge in [0.2, 0.25) is 0 Å². The van der Waals surface area contributed by atoms with E-state index in [1.807, 2.05) is 39.0 Å². The summed E-state index contributed by atoms with van der Waals surface area (Å²) in [6.07, 6.45) is 3.11. The van der Waals surface area contributed by atoms with Gasteiger partial charge in [0.05, 0.1) is 11.1 Å². The average molecular weight is 436 g/mol. The maximum absolute atomic E-state index is 13.4. The molecule has 0 fully saturated rings. The SMILES string of the molecule is Cc1ccc2nc(C)c(C)c(C(=O)NC3CCc4nn(CCC(C)C)c(=O)n4CC3)c2c1. The third kappa shape index (κ3) is 4.33. The predicted molar refractivity (Wildman–Crippen MR) is 126 cm³/mol. The van der Waals surface area contributed by atoms with Crippen LogP contribution in [-0.2, 0) is 19.5 Å². The van der Waals surface area contributed by atoms with Gasteiger partial charge in [-0.3, -0.25) is 14.3 Å². The Balaban J connectivity index is 1.52. The first-order chi connectivity index (χ1) is 15.2. The number of rotatable bonds is 5. The Bertz CT molecular complexity index is 1220. The Labute approximate surface area is 188 Å². The normalized spacial score (nSPS) is 16.2. The number of aromatic nitrogens is 4. The molecule has 0 aliphatic carbocycles. The molecule has 1 aliphatic rings. The molecule has 0 spiro atoms. The molecule has 1 aliphatic heterocycles. The van der Waals surface area contributed by atoms with Gasteiger partial charge in [-0.15, -0.1) is 0 Å². The summed E-state index contributed by atoms with van der Waals surface area (Å²) in [5, 5.41) is 8.70. The molecular formula is C25H33N5O2. The zero-order valence-electron chi connectivity index (χ0n) is 19.7. The quantitative estimate of drug-likeness (QED) is 0.663. The van der Waals surface area contributed by atoms with Crippen molar-refractivity contribution in [2.24, 2.45) is 5.92 Å². The van der Waals surface area contributed by atoms with Gasteiger partial charge in [0.25, 0.3) is 5.91 Å². The van der Waals surface area contributed by atoms with Crippen molar-refractivity contribution in [1.29, 1.82) is 0 Å². The number of carbonyl (C=O) groups excluding carboxylic acids is 1. The lowest BCUT2D eigenvalue weighted by molar-refractivity contribution is 0.0933. The van der Waals surface area contributed by atoms with E-state index in [0.29, 0.717) is 37.4 Å². The van der Waals surface area contributed by atoms with Gasteiger partial charge in [-0.1, -0.05) is 25.5 Å². The van der Waals surface area contributed by atoms with Crippen LogP contribution in [0.4, 0.5) is 0 Å². The fourth-order valence-corrected chi connectivity index (χ4v) is 4.44. The Kier molecular flexibility index (Phi) is 6.17. The lowest BCUT2D eigenvalue weighted by atomic mass is 9.98. The molecule has 0 bridgehead atoms. The molecule has 7 heteroatoms. The number of nitrogens with one attached hydrogen (secondary N) is 1. The summed E-state index contributed by atoms with van der Waals surface area (Å²) in [7, 11) is 0. The smallest absolute Gasteiger partial charge is 0.345 e. The summed E-state index contributed by atoms with van der Waals surface area (Å²) in [4.78, 5) is 30.8. The molecule has 1 N–H and O–H groups in total. The molecule has 2 aromatic heterocycles. The summed E-state index contributed by atoms with van der Waals surface area (Å²) in [6, 6.07) is 6.03. The van der Waals surface area contributed by atoms with E-state index in [-0.39, 0.29) is 17.6 Å². The van der Waals surface area contributed by atoms with Gasteiger partial charge in [-0.25, -0.2) is 9.48 Å². The van der Waals surface area contributed by atoms with Crippen molar-refractivity contribution in [3.63, 3.8) is 0 Å². The highest BCUT2D eigenvalue weighted by Gasteiger charge is 2.24. The van der Waals surface area contributed by atoms with Crippen LogP contribution >= 0.6 is 0 Å². The number of pyridine rings is 1. The highest BCUT2D eigenvalue weighted by atomic mass is 16.2. The lowest BCUT2D eigenvalue weighted by Gasteiger charge is -2.19. The Morgan fingerprint density at radius 3 is 2.75 bits per heavy atom. The van der Waals surface area contributed by atoms with Crippen molar-refractivity contribution in [3.8, 4) is 0 Å². The fourth-order valence-electron chi connectivity index (χ4n) is 4.44. The van der Waals surface area contributed by atoms with Crippen LogP contribution in [0, 0.1) is 26.7 Å². The zero-order valence-corrected chi connectivity index (χ0v) is 19.7. The van der Waals surface area contributed by atoms with Gasteiger partial charge in [0, 0.05) is 36.6 Å². The number of aryl methyl sites for hydroxylation is 4. The first-order valence-electron chi connectivity index (χ1n) is 11.6. The number of hydrogen-bond acceptors (Lipinski definition) is 4. The number of benzene rings is 1. The first-order valence-corrected chi connectivity index (χ1v) is 11.6. The summed E-state index contributed by atoms with van der Waals surface area (Å²) in [6.45, 7) is 11.5. The molecule has 0 radical (unpaired) electrons. The number of nitrogens with zero attached hydrogens (tertiary/aromatic N) is 4. The number of carbonyl (C=O) groups is 1. The highest BCUT2D eigenvalue weighted by Crippen LogP contribution is 2.24. The maximum Gasteiger partial charge on any atom is 0.345 e. The van der Waals surface area contributed by atoms with E-state index < -0.39 is 0 Å². The minimum Gasteiger partial charge on any atom is -0.349 e. The molecule has 7 nitrogen and oxygen atoms in total. The van der Waals surface area contributed by atoms with Crippen LogP contribution < -0.4 is 11.0 Å². The standard InChI is InChI=1S/C25H33N5O2/c1-15(2)10-13-30-25(32)29-12-11-19(7-9-22(29)28-30)27-24(31)23-17(4)18(5)26-21-8-6-16(3)14-20(21)23/h6,8,14-15,19H,7,9-13H2,1-5H3,(H,27,31). The molecule has 1 amide bonds. The largest absolute Gasteiger partial charge is 0.349 e. The van der Waals surface area contributed by atoms with Crippen molar-refractivity contribution in [2.75, 3.05) is 0 Å². The van der Waals surface area contributed by atoms with Crippen LogP contribution in [0.3, 0.4) is 0 Å². The van der Waals surface area contributed by atoms with E-state index in [4.69, 9.17) is 0 Å². The molecule has 4 rings (SSSR count). The van der Waals surface area contributed by atoms with Gasteiger partial charge in [-0.05, 0) is 63.6 Å². The van der Waals surface area contributed by atoms with E-state index in [0.717, 1.165) is 46.4 Å². The summed E-state index contributed by atoms with van der Waals surface area (Å²) in [5.41, 5.74) is 4.39. The van der Waals surface area contributed by atoms with Crippen LogP contribution in [0.15, 0.2) is 23.0 Å². The molecule has 1 unspecified atom stereocenters. The molecule has 170 valence electrons. The molecule has 0 saturated heterocycles. The number of fused-ring (bicyclic) bond motifs is 2. The molecular weight excluding hydrogens is 402 g/mol. The van der Waals surface area contributed by atoms with E-state index in [9.17, 15) is 9.59 Å². The topological polar surface area (TPSA) is 81.8 Å². The Morgan fingerprint density at radius 2 is 2.00 bits per heavy atom. The number of amides is 1.